The van der Waals surface area contributed by atoms with Gasteiger partial charge in [0.05, 0.1) is 7.11 Å². The number of ether oxygens (including phenoxy) is 1. The molecule has 0 saturated heterocycles. The van der Waals surface area contributed by atoms with Crippen LogP contribution in [-0.2, 0) is 6.54 Å². The third kappa shape index (κ3) is 2.71. The zero-order chi connectivity index (χ0) is 12.3. The fraction of sp³-hybridized carbons (Fsp3) is 0.364. The van der Waals surface area contributed by atoms with E-state index >= 15 is 0 Å². The Hall–Kier alpha value is -1.69. The SMILES string of the molecule is COc1ccc(C)cc1CN(C)c1nnns1. The van der Waals surface area contributed by atoms with Crippen molar-refractivity contribution in [1.29, 1.82) is 0 Å². The smallest absolute Gasteiger partial charge is 0.227 e. The Bertz CT molecular complexity index is 486. The van der Waals surface area contributed by atoms with Gasteiger partial charge in [0.25, 0.3) is 0 Å². The maximum absolute atomic E-state index is 5.34. The van der Waals surface area contributed by atoms with Gasteiger partial charge in [-0.2, -0.15) is 0 Å². The fourth-order valence-corrected chi connectivity index (χ4v) is 2.05. The molecule has 0 amide bonds. The molecule has 0 N–H and O–H groups in total. The van der Waals surface area contributed by atoms with Crippen LogP contribution in [0.3, 0.4) is 0 Å². The van der Waals surface area contributed by atoms with Crippen molar-refractivity contribution < 1.29 is 4.74 Å². The van der Waals surface area contributed by atoms with E-state index in [1.807, 2.05) is 24.1 Å². The van der Waals surface area contributed by atoms with E-state index in [9.17, 15) is 0 Å². The molecule has 90 valence electrons. The first kappa shape index (κ1) is 11.8. The van der Waals surface area contributed by atoms with Gasteiger partial charge in [-0.3, -0.25) is 0 Å². The summed E-state index contributed by atoms with van der Waals surface area (Å²) in [6.07, 6.45) is 0. The molecule has 0 aliphatic carbocycles. The van der Waals surface area contributed by atoms with Crippen molar-refractivity contribution in [2.45, 2.75) is 13.5 Å². The minimum atomic E-state index is 0.724. The Kier molecular flexibility index (Phi) is 3.53. The Morgan fingerprint density at radius 1 is 1.41 bits per heavy atom. The molecule has 0 aliphatic heterocycles. The van der Waals surface area contributed by atoms with E-state index in [-0.39, 0.29) is 0 Å². The highest BCUT2D eigenvalue weighted by Crippen LogP contribution is 2.23. The van der Waals surface area contributed by atoms with E-state index in [0.717, 1.165) is 23.0 Å². The summed E-state index contributed by atoms with van der Waals surface area (Å²) in [5.74, 6) is 0.889. The van der Waals surface area contributed by atoms with Crippen LogP contribution in [0.4, 0.5) is 5.13 Å². The van der Waals surface area contributed by atoms with Gasteiger partial charge in [0.2, 0.25) is 5.13 Å². The minimum absolute atomic E-state index is 0.724. The van der Waals surface area contributed by atoms with E-state index < -0.39 is 0 Å². The van der Waals surface area contributed by atoms with E-state index in [4.69, 9.17) is 4.74 Å². The third-order valence-corrected chi connectivity index (χ3v) is 3.17. The molecule has 0 saturated carbocycles. The highest BCUT2D eigenvalue weighted by Gasteiger charge is 2.10. The molecule has 0 atom stereocenters. The summed E-state index contributed by atoms with van der Waals surface area (Å²) < 4.78 is 9.10. The number of hydrogen-bond acceptors (Lipinski definition) is 6. The lowest BCUT2D eigenvalue weighted by Gasteiger charge is -2.17. The largest absolute Gasteiger partial charge is 0.496 e. The summed E-state index contributed by atoms with van der Waals surface area (Å²) in [5, 5.41) is 8.32. The molecule has 1 aromatic heterocycles. The van der Waals surface area contributed by atoms with Crippen LogP contribution in [-0.4, -0.2) is 29.0 Å². The number of hydrogen-bond donors (Lipinski definition) is 0. The molecule has 5 nitrogen and oxygen atoms in total. The standard InChI is InChI=1S/C11H14N4OS/c1-8-4-5-10(16-3)9(6-8)7-15(2)11-12-13-14-17-11/h4-6H,7H2,1-3H3. The lowest BCUT2D eigenvalue weighted by molar-refractivity contribution is 0.409. The number of aromatic nitrogens is 3. The highest BCUT2D eigenvalue weighted by molar-refractivity contribution is 7.09. The molecule has 0 radical (unpaired) electrons. The Morgan fingerprint density at radius 2 is 2.24 bits per heavy atom. The van der Waals surface area contributed by atoms with Crippen LogP contribution < -0.4 is 9.64 Å². The molecular formula is C11H14N4OS. The van der Waals surface area contributed by atoms with Gasteiger partial charge in [0.15, 0.2) is 0 Å². The summed E-state index contributed by atoms with van der Waals surface area (Å²) >= 11 is 1.28. The minimum Gasteiger partial charge on any atom is -0.496 e. The molecule has 0 fully saturated rings. The fourth-order valence-electron chi connectivity index (χ4n) is 1.63. The summed E-state index contributed by atoms with van der Waals surface area (Å²) in [6.45, 7) is 2.79. The van der Waals surface area contributed by atoms with Gasteiger partial charge in [0.1, 0.15) is 5.75 Å². The Labute approximate surface area is 104 Å². The quantitative estimate of drug-likeness (QED) is 0.829. The van der Waals surface area contributed by atoms with Crippen LogP contribution in [0.2, 0.25) is 0 Å². The van der Waals surface area contributed by atoms with Gasteiger partial charge >= 0.3 is 0 Å². The molecule has 0 spiro atoms. The highest BCUT2D eigenvalue weighted by atomic mass is 32.1. The lowest BCUT2D eigenvalue weighted by atomic mass is 10.1. The monoisotopic (exact) mass is 250 g/mol. The van der Waals surface area contributed by atoms with Crippen molar-refractivity contribution in [3.63, 3.8) is 0 Å². The summed E-state index contributed by atoms with van der Waals surface area (Å²) in [6, 6.07) is 6.13. The average molecular weight is 250 g/mol. The molecule has 1 aromatic carbocycles. The van der Waals surface area contributed by atoms with Crippen molar-refractivity contribution in [2.75, 3.05) is 19.1 Å². The van der Waals surface area contributed by atoms with Gasteiger partial charge in [-0.25, -0.2) is 0 Å². The number of aryl methyl sites for hydroxylation is 1. The zero-order valence-electron chi connectivity index (χ0n) is 10.0. The van der Waals surface area contributed by atoms with Gasteiger partial charge in [0, 0.05) is 30.7 Å². The number of methoxy groups -OCH3 is 1. The second kappa shape index (κ2) is 5.09. The van der Waals surface area contributed by atoms with Crippen molar-refractivity contribution in [2.24, 2.45) is 0 Å². The number of benzene rings is 1. The second-order valence-corrected chi connectivity index (χ2v) is 4.53. The topological polar surface area (TPSA) is 51.1 Å². The molecular weight excluding hydrogens is 236 g/mol. The van der Waals surface area contributed by atoms with Crippen LogP contribution in [0.25, 0.3) is 0 Å². The molecule has 1 heterocycles. The molecule has 17 heavy (non-hydrogen) atoms. The first-order valence-corrected chi connectivity index (χ1v) is 5.97. The molecule has 2 aromatic rings. The van der Waals surface area contributed by atoms with E-state index in [2.05, 4.69) is 27.8 Å². The summed E-state index contributed by atoms with van der Waals surface area (Å²) in [4.78, 5) is 2.00. The maximum atomic E-state index is 5.34. The van der Waals surface area contributed by atoms with Crippen molar-refractivity contribution >= 4 is 16.7 Å². The van der Waals surface area contributed by atoms with E-state index in [0.29, 0.717) is 0 Å². The first-order valence-electron chi connectivity index (χ1n) is 5.20. The Balaban J connectivity index is 2.20. The van der Waals surface area contributed by atoms with Crippen molar-refractivity contribution in [3.8, 4) is 5.75 Å². The normalized spacial score (nSPS) is 10.3. The zero-order valence-corrected chi connectivity index (χ0v) is 10.9. The van der Waals surface area contributed by atoms with E-state index in [1.54, 1.807) is 7.11 Å². The Morgan fingerprint density at radius 3 is 2.88 bits per heavy atom. The van der Waals surface area contributed by atoms with Crippen LogP contribution in [0.1, 0.15) is 11.1 Å². The van der Waals surface area contributed by atoms with Gasteiger partial charge in [-0.05, 0) is 18.2 Å². The molecule has 0 unspecified atom stereocenters. The lowest BCUT2D eigenvalue weighted by Crippen LogP contribution is -2.16. The second-order valence-electron chi connectivity index (χ2n) is 3.82. The average Bonchev–Trinajstić information content (AvgIpc) is 2.83. The third-order valence-electron chi connectivity index (χ3n) is 2.46. The van der Waals surface area contributed by atoms with Crippen LogP contribution in [0, 0.1) is 6.92 Å². The van der Waals surface area contributed by atoms with Crippen molar-refractivity contribution in [1.82, 2.24) is 14.8 Å². The van der Waals surface area contributed by atoms with Gasteiger partial charge in [-0.15, -0.1) is 0 Å². The van der Waals surface area contributed by atoms with Gasteiger partial charge in [-0.1, -0.05) is 27.3 Å². The summed E-state index contributed by atoms with van der Waals surface area (Å²) in [5.41, 5.74) is 2.34. The van der Waals surface area contributed by atoms with E-state index in [1.165, 1.54) is 17.1 Å². The predicted octanol–water partition coefficient (Wildman–Crippen LogP) is 1.89. The molecule has 6 heteroatoms. The van der Waals surface area contributed by atoms with Crippen LogP contribution in [0.15, 0.2) is 18.2 Å². The maximum Gasteiger partial charge on any atom is 0.227 e. The number of nitrogens with zero attached hydrogens (tertiary/aromatic N) is 4. The van der Waals surface area contributed by atoms with Gasteiger partial charge < -0.3 is 9.64 Å². The molecule has 2 rings (SSSR count). The number of anilines is 1. The number of rotatable bonds is 4. The molecule has 0 bridgehead atoms. The first-order chi connectivity index (χ1) is 8.20. The predicted molar refractivity (Wildman–Crippen MR) is 67.5 cm³/mol. The summed E-state index contributed by atoms with van der Waals surface area (Å²) in [7, 11) is 3.64. The van der Waals surface area contributed by atoms with Crippen LogP contribution in [0.5, 0.6) is 5.75 Å². The molecule has 0 aliphatic rings. The van der Waals surface area contributed by atoms with Crippen molar-refractivity contribution in [3.05, 3.63) is 29.3 Å². The van der Waals surface area contributed by atoms with Crippen LogP contribution >= 0.6 is 11.5 Å².